The number of hydrogen-bond acceptors (Lipinski definition) is 7. The second-order valence-electron chi connectivity index (χ2n) is 7.95. The van der Waals surface area contributed by atoms with Gasteiger partial charge in [-0.15, -0.1) is 10.2 Å². The molecule has 0 aliphatic carbocycles. The van der Waals surface area contributed by atoms with Crippen LogP contribution in [0.4, 0.5) is 24.8 Å². The highest BCUT2D eigenvalue weighted by atomic mass is 32.2. The third-order valence-electron chi connectivity index (χ3n) is 5.85. The SMILES string of the molecule is CN1CCN(c2ccc(N3CCN(S(=O)(=O)c4ccc(C(F)(F)F)cc4)CC3)nn2)CC1. The number of halogens is 3. The average molecular weight is 471 g/mol. The molecule has 32 heavy (non-hydrogen) atoms. The quantitative estimate of drug-likeness (QED) is 0.674. The van der Waals surface area contributed by atoms with E-state index in [1.807, 2.05) is 17.0 Å². The monoisotopic (exact) mass is 470 g/mol. The van der Waals surface area contributed by atoms with Crippen LogP contribution >= 0.6 is 0 Å². The van der Waals surface area contributed by atoms with E-state index in [0.29, 0.717) is 18.9 Å². The van der Waals surface area contributed by atoms with Gasteiger partial charge in [0.15, 0.2) is 11.6 Å². The fourth-order valence-corrected chi connectivity index (χ4v) is 5.24. The summed E-state index contributed by atoms with van der Waals surface area (Å²) >= 11 is 0. The van der Waals surface area contributed by atoms with Crippen molar-refractivity contribution in [1.29, 1.82) is 0 Å². The third-order valence-corrected chi connectivity index (χ3v) is 7.76. The number of rotatable bonds is 4. The summed E-state index contributed by atoms with van der Waals surface area (Å²) in [6.45, 7) is 4.99. The van der Waals surface area contributed by atoms with Crippen molar-refractivity contribution in [2.24, 2.45) is 0 Å². The number of piperazine rings is 2. The first-order valence-corrected chi connectivity index (χ1v) is 11.8. The van der Waals surface area contributed by atoms with Gasteiger partial charge in [0.1, 0.15) is 0 Å². The lowest BCUT2D eigenvalue weighted by Gasteiger charge is -2.35. The van der Waals surface area contributed by atoms with E-state index in [0.717, 1.165) is 56.3 Å². The maximum atomic E-state index is 12.8. The van der Waals surface area contributed by atoms with E-state index >= 15 is 0 Å². The van der Waals surface area contributed by atoms with Crippen molar-refractivity contribution in [1.82, 2.24) is 19.4 Å². The van der Waals surface area contributed by atoms with Crippen molar-refractivity contribution in [3.8, 4) is 0 Å². The number of alkyl halides is 3. The molecule has 0 radical (unpaired) electrons. The third kappa shape index (κ3) is 4.81. The topological polar surface area (TPSA) is 72.9 Å². The fraction of sp³-hybridized carbons (Fsp3) is 0.500. The molecule has 0 N–H and O–H groups in total. The minimum absolute atomic E-state index is 0.143. The second kappa shape index (κ2) is 8.83. The highest BCUT2D eigenvalue weighted by Gasteiger charge is 2.33. The van der Waals surface area contributed by atoms with E-state index in [1.165, 1.54) is 4.31 Å². The number of hydrogen-bond donors (Lipinski definition) is 0. The van der Waals surface area contributed by atoms with Crippen LogP contribution in [-0.2, 0) is 16.2 Å². The summed E-state index contributed by atoms with van der Waals surface area (Å²) in [5.41, 5.74) is -0.875. The predicted octanol–water partition coefficient (Wildman–Crippen LogP) is 1.76. The van der Waals surface area contributed by atoms with Crippen molar-refractivity contribution in [2.75, 3.05) is 69.2 Å². The molecule has 0 atom stereocenters. The highest BCUT2D eigenvalue weighted by Crippen LogP contribution is 2.30. The Labute approximate surface area is 185 Å². The van der Waals surface area contributed by atoms with Gasteiger partial charge in [-0.05, 0) is 43.4 Å². The molecule has 4 rings (SSSR count). The van der Waals surface area contributed by atoms with Crippen molar-refractivity contribution < 1.29 is 21.6 Å². The summed E-state index contributed by atoms with van der Waals surface area (Å²) in [6.07, 6.45) is -4.51. The van der Waals surface area contributed by atoms with Crippen LogP contribution in [0.1, 0.15) is 5.56 Å². The van der Waals surface area contributed by atoms with Gasteiger partial charge in [-0.3, -0.25) is 0 Å². The van der Waals surface area contributed by atoms with Crippen LogP contribution in [0.2, 0.25) is 0 Å². The van der Waals surface area contributed by atoms with Crippen LogP contribution in [0.5, 0.6) is 0 Å². The first kappa shape index (κ1) is 22.7. The molecule has 12 heteroatoms. The van der Waals surface area contributed by atoms with E-state index in [-0.39, 0.29) is 18.0 Å². The Bertz CT molecular complexity index is 1010. The molecule has 0 unspecified atom stereocenters. The van der Waals surface area contributed by atoms with E-state index in [9.17, 15) is 21.6 Å². The molecule has 1 aromatic carbocycles. The van der Waals surface area contributed by atoms with Crippen LogP contribution < -0.4 is 9.80 Å². The van der Waals surface area contributed by atoms with E-state index in [2.05, 4.69) is 27.0 Å². The molecule has 2 aliphatic heterocycles. The zero-order chi connectivity index (χ0) is 22.9. The first-order valence-electron chi connectivity index (χ1n) is 10.3. The molecule has 0 amide bonds. The summed E-state index contributed by atoms with van der Waals surface area (Å²) in [7, 11) is -1.78. The van der Waals surface area contributed by atoms with Crippen LogP contribution in [0.3, 0.4) is 0 Å². The van der Waals surface area contributed by atoms with Gasteiger partial charge in [0.25, 0.3) is 0 Å². The molecule has 2 fully saturated rings. The van der Waals surface area contributed by atoms with Crippen LogP contribution in [0.25, 0.3) is 0 Å². The molecule has 0 saturated carbocycles. The van der Waals surface area contributed by atoms with Gasteiger partial charge in [0.2, 0.25) is 10.0 Å². The number of likely N-dealkylation sites (N-methyl/N-ethyl adjacent to an activating group) is 1. The lowest BCUT2D eigenvalue weighted by molar-refractivity contribution is -0.137. The molecular weight excluding hydrogens is 445 g/mol. The zero-order valence-electron chi connectivity index (χ0n) is 17.7. The normalized spacial score (nSPS) is 19.4. The largest absolute Gasteiger partial charge is 0.416 e. The van der Waals surface area contributed by atoms with Crippen LogP contribution in [0.15, 0.2) is 41.3 Å². The lowest BCUT2D eigenvalue weighted by Crippen LogP contribution is -2.49. The van der Waals surface area contributed by atoms with Crippen LogP contribution in [0, 0.1) is 0 Å². The van der Waals surface area contributed by atoms with E-state index in [4.69, 9.17) is 0 Å². The van der Waals surface area contributed by atoms with Gasteiger partial charge in [-0.25, -0.2) is 8.42 Å². The summed E-state index contributed by atoms with van der Waals surface area (Å²) in [4.78, 5) is 6.26. The molecule has 2 aromatic rings. The van der Waals surface area contributed by atoms with Crippen molar-refractivity contribution >= 4 is 21.7 Å². The summed E-state index contributed by atoms with van der Waals surface area (Å²) < 4.78 is 65.2. The molecule has 8 nitrogen and oxygen atoms in total. The molecule has 0 spiro atoms. The van der Waals surface area contributed by atoms with Crippen molar-refractivity contribution in [2.45, 2.75) is 11.1 Å². The summed E-state index contributed by atoms with van der Waals surface area (Å²) in [5.74, 6) is 1.50. The maximum absolute atomic E-state index is 12.8. The number of nitrogens with zero attached hydrogens (tertiary/aromatic N) is 6. The Kier molecular flexibility index (Phi) is 6.28. The Balaban J connectivity index is 1.37. The molecule has 2 aliphatic rings. The van der Waals surface area contributed by atoms with Crippen molar-refractivity contribution in [3.05, 3.63) is 42.0 Å². The minimum atomic E-state index is -4.51. The lowest BCUT2D eigenvalue weighted by atomic mass is 10.2. The number of anilines is 2. The Morgan fingerprint density at radius 2 is 1.22 bits per heavy atom. The Hall–Kier alpha value is -2.44. The van der Waals surface area contributed by atoms with E-state index in [1.54, 1.807) is 0 Å². The average Bonchev–Trinajstić information content (AvgIpc) is 2.79. The molecule has 1 aromatic heterocycles. The van der Waals surface area contributed by atoms with Gasteiger partial charge >= 0.3 is 6.18 Å². The number of benzene rings is 1. The standard InChI is InChI=1S/C20H25F3N6O2S/c1-26-8-10-27(11-9-26)18-6-7-19(25-24-18)28-12-14-29(15-13-28)32(30,31)17-4-2-16(3-5-17)20(21,22)23/h2-7H,8-15H2,1H3. The first-order chi connectivity index (χ1) is 15.1. The Morgan fingerprint density at radius 3 is 1.66 bits per heavy atom. The van der Waals surface area contributed by atoms with E-state index < -0.39 is 21.8 Å². The van der Waals surface area contributed by atoms with Gasteiger partial charge in [-0.1, -0.05) is 0 Å². The minimum Gasteiger partial charge on any atom is -0.353 e. The van der Waals surface area contributed by atoms with Gasteiger partial charge in [0.05, 0.1) is 10.5 Å². The number of aromatic nitrogens is 2. The molecule has 174 valence electrons. The molecule has 3 heterocycles. The highest BCUT2D eigenvalue weighted by molar-refractivity contribution is 7.89. The van der Waals surface area contributed by atoms with Gasteiger partial charge in [-0.2, -0.15) is 17.5 Å². The second-order valence-corrected chi connectivity index (χ2v) is 9.89. The van der Waals surface area contributed by atoms with Gasteiger partial charge in [0, 0.05) is 52.4 Å². The predicted molar refractivity (Wildman–Crippen MR) is 114 cm³/mol. The number of sulfonamides is 1. The van der Waals surface area contributed by atoms with Crippen molar-refractivity contribution in [3.63, 3.8) is 0 Å². The smallest absolute Gasteiger partial charge is 0.353 e. The maximum Gasteiger partial charge on any atom is 0.416 e. The molecular formula is C20H25F3N6O2S. The molecule has 2 saturated heterocycles. The van der Waals surface area contributed by atoms with Gasteiger partial charge < -0.3 is 14.7 Å². The van der Waals surface area contributed by atoms with Crippen LogP contribution in [-0.4, -0.2) is 87.2 Å². The Morgan fingerprint density at radius 1 is 0.750 bits per heavy atom. The molecule has 0 bridgehead atoms. The fourth-order valence-electron chi connectivity index (χ4n) is 3.81. The summed E-state index contributed by atoms with van der Waals surface area (Å²) in [6, 6.07) is 7.42. The summed E-state index contributed by atoms with van der Waals surface area (Å²) in [5, 5.41) is 8.66. The zero-order valence-corrected chi connectivity index (χ0v) is 18.5.